The van der Waals surface area contributed by atoms with Gasteiger partial charge in [-0.05, 0) is 12.1 Å². The first-order chi connectivity index (χ1) is 7.95. The normalized spacial score (nSPS) is 9.88. The average molecular weight is 280 g/mol. The Morgan fingerprint density at radius 3 is 2.59 bits per heavy atom. The first kappa shape index (κ1) is 13.7. The number of halogens is 3. The highest BCUT2D eigenvalue weighted by Gasteiger charge is 2.14. The minimum atomic E-state index is -0.765. The van der Waals surface area contributed by atoms with Crippen molar-refractivity contribution >= 4 is 35.1 Å². The van der Waals surface area contributed by atoms with Crippen LogP contribution in [0, 0.1) is 5.82 Å². The lowest BCUT2D eigenvalue weighted by atomic mass is 10.2. The minimum absolute atomic E-state index is 0.00114. The van der Waals surface area contributed by atoms with Crippen LogP contribution in [0.25, 0.3) is 0 Å². The third kappa shape index (κ3) is 3.57. The van der Waals surface area contributed by atoms with Crippen LogP contribution in [0.1, 0.15) is 10.4 Å². The number of amides is 1. The summed E-state index contributed by atoms with van der Waals surface area (Å²) in [7, 11) is 1.18. The highest BCUT2D eigenvalue weighted by atomic mass is 35.5. The van der Waals surface area contributed by atoms with Crippen molar-refractivity contribution in [3.8, 4) is 0 Å². The number of esters is 1. The van der Waals surface area contributed by atoms with Crippen LogP contribution < -0.4 is 5.32 Å². The van der Waals surface area contributed by atoms with Gasteiger partial charge < -0.3 is 10.1 Å². The molecule has 0 aliphatic carbocycles. The molecule has 0 unspecified atom stereocenters. The van der Waals surface area contributed by atoms with E-state index in [4.69, 9.17) is 23.2 Å². The largest absolute Gasteiger partial charge is 0.468 e. The van der Waals surface area contributed by atoms with Gasteiger partial charge in [-0.2, -0.15) is 0 Å². The Morgan fingerprint density at radius 2 is 2.00 bits per heavy atom. The monoisotopic (exact) mass is 279 g/mol. The summed E-state index contributed by atoms with van der Waals surface area (Å²) >= 11 is 11.2. The second kappa shape index (κ2) is 5.84. The fraction of sp³-hybridized carbons (Fsp3) is 0.200. The summed E-state index contributed by atoms with van der Waals surface area (Å²) in [6.07, 6.45) is 0. The van der Waals surface area contributed by atoms with E-state index in [1.165, 1.54) is 7.11 Å². The number of methoxy groups -OCH3 is 1. The maximum Gasteiger partial charge on any atom is 0.325 e. The SMILES string of the molecule is COC(=O)CNC(=O)c1cc(F)c(Cl)cc1Cl. The lowest BCUT2D eigenvalue weighted by Crippen LogP contribution is -2.30. The van der Waals surface area contributed by atoms with Gasteiger partial charge in [0.05, 0.1) is 22.7 Å². The molecule has 0 radical (unpaired) electrons. The Morgan fingerprint density at radius 1 is 1.35 bits per heavy atom. The van der Waals surface area contributed by atoms with Crippen LogP contribution in [0.15, 0.2) is 12.1 Å². The third-order valence-electron chi connectivity index (χ3n) is 1.88. The second-order valence-corrected chi connectivity index (χ2v) is 3.82. The van der Waals surface area contributed by atoms with Crippen LogP contribution in [0.4, 0.5) is 4.39 Å². The van der Waals surface area contributed by atoms with Gasteiger partial charge in [-0.15, -0.1) is 0 Å². The molecule has 1 rings (SSSR count). The van der Waals surface area contributed by atoms with E-state index < -0.39 is 17.7 Å². The zero-order valence-electron chi connectivity index (χ0n) is 8.72. The van der Waals surface area contributed by atoms with Gasteiger partial charge in [0.15, 0.2) is 0 Å². The quantitative estimate of drug-likeness (QED) is 0.681. The molecule has 1 amide bonds. The summed E-state index contributed by atoms with van der Waals surface area (Å²) in [5.41, 5.74) is -0.0996. The minimum Gasteiger partial charge on any atom is -0.468 e. The number of carbonyl (C=O) groups excluding carboxylic acids is 2. The molecule has 0 spiro atoms. The summed E-state index contributed by atoms with van der Waals surface area (Å²) < 4.78 is 17.5. The maximum atomic E-state index is 13.1. The summed E-state index contributed by atoms with van der Waals surface area (Å²) in [5.74, 6) is -2.07. The van der Waals surface area contributed by atoms with E-state index in [1.54, 1.807) is 0 Å². The lowest BCUT2D eigenvalue weighted by Gasteiger charge is -2.06. The Labute approximate surface area is 107 Å². The zero-order chi connectivity index (χ0) is 13.0. The van der Waals surface area contributed by atoms with Crippen molar-refractivity contribution < 1.29 is 18.7 Å². The molecule has 0 saturated carbocycles. The summed E-state index contributed by atoms with van der Waals surface area (Å²) in [6, 6.07) is 2.02. The number of benzene rings is 1. The third-order valence-corrected chi connectivity index (χ3v) is 2.48. The van der Waals surface area contributed by atoms with Crippen LogP contribution in [0.5, 0.6) is 0 Å². The average Bonchev–Trinajstić information content (AvgIpc) is 2.30. The van der Waals surface area contributed by atoms with Crippen LogP contribution in [-0.2, 0) is 9.53 Å². The second-order valence-electron chi connectivity index (χ2n) is 3.00. The van der Waals surface area contributed by atoms with Crippen LogP contribution in [0.3, 0.4) is 0 Å². The smallest absolute Gasteiger partial charge is 0.325 e. The van der Waals surface area contributed by atoms with Crippen molar-refractivity contribution in [3.63, 3.8) is 0 Å². The van der Waals surface area contributed by atoms with Crippen molar-refractivity contribution in [1.29, 1.82) is 0 Å². The lowest BCUT2D eigenvalue weighted by molar-refractivity contribution is -0.139. The van der Waals surface area contributed by atoms with Gasteiger partial charge in [-0.1, -0.05) is 23.2 Å². The van der Waals surface area contributed by atoms with Crippen molar-refractivity contribution in [2.75, 3.05) is 13.7 Å². The Bertz CT molecular complexity index is 465. The van der Waals surface area contributed by atoms with E-state index in [-0.39, 0.29) is 22.2 Å². The van der Waals surface area contributed by atoms with Gasteiger partial charge in [0.25, 0.3) is 5.91 Å². The highest BCUT2D eigenvalue weighted by molar-refractivity contribution is 6.36. The van der Waals surface area contributed by atoms with E-state index in [0.29, 0.717) is 0 Å². The van der Waals surface area contributed by atoms with E-state index in [9.17, 15) is 14.0 Å². The molecule has 1 N–H and O–H groups in total. The predicted molar refractivity (Wildman–Crippen MR) is 60.8 cm³/mol. The molecular formula is C10H8Cl2FNO3. The molecule has 1 aromatic carbocycles. The van der Waals surface area contributed by atoms with Gasteiger partial charge in [0.2, 0.25) is 0 Å². The summed E-state index contributed by atoms with van der Waals surface area (Å²) in [4.78, 5) is 22.3. The number of hydrogen-bond acceptors (Lipinski definition) is 3. The van der Waals surface area contributed by atoms with Crippen molar-refractivity contribution in [2.24, 2.45) is 0 Å². The fourth-order valence-corrected chi connectivity index (χ4v) is 1.49. The zero-order valence-corrected chi connectivity index (χ0v) is 10.2. The van der Waals surface area contributed by atoms with Crippen molar-refractivity contribution in [2.45, 2.75) is 0 Å². The highest BCUT2D eigenvalue weighted by Crippen LogP contribution is 2.24. The standard InChI is InChI=1S/C10H8Cl2FNO3/c1-17-9(15)4-14-10(16)5-2-8(13)7(12)3-6(5)11/h2-3H,4H2,1H3,(H,14,16). The molecule has 0 saturated heterocycles. The molecule has 0 atom stereocenters. The van der Waals surface area contributed by atoms with Gasteiger partial charge in [-0.3, -0.25) is 9.59 Å². The van der Waals surface area contributed by atoms with Crippen molar-refractivity contribution in [3.05, 3.63) is 33.6 Å². The summed E-state index contributed by atoms with van der Waals surface area (Å²) in [6.45, 7) is -0.324. The molecule has 17 heavy (non-hydrogen) atoms. The Kier molecular flexibility index (Phi) is 4.72. The van der Waals surface area contributed by atoms with Crippen LogP contribution in [0.2, 0.25) is 10.0 Å². The molecule has 0 aromatic heterocycles. The van der Waals surface area contributed by atoms with E-state index in [0.717, 1.165) is 12.1 Å². The summed E-state index contributed by atoms with van der Waals surface area (Å²) in [5, 5.41) is 2.05. The number of carbonyl (C=O) groups is 2. The van der Waals surface area contributed by atoms with Crippen LogP contribution in [-0.4, -0.2) is 25.5 Å². The molecule has 0 fully saturated rings. The Hall–Kier alpha value is -1.33. The molecule has 0 aliphatic rings. The van der Waals surface area contributed by atoms with E-state index >= 15 is 0 Å². The van der Waals surface area contributed by atoms with Gasteiger partial charge in [-0.25, -0.2) is 4.39 Å². The fourth-order valence-electron chi connectivity index (χ4n) is 1.02. The van der Waals surface area contributed by atoms with Crippen LogP contribution >= 0.6 is 23.2 Å². The van der Waals surface area contributed by atoms with E-state index in [2.05, 4.69) is 10.1 Å². The molecule has 4 nitrogen and oxygen atoms in total. The molecule has 7 heteroatoms. The number of nitrogens with one attached hydrogen (secondary N) is 1. The first-order valence-electron chi connectivity index (χ1n) is 4.45. The predicted octanol–water partition coefficient (Wildman–Crippen LogP) is 2.04. The molecule has 0 aliphatic heterocycles. The molecule has 92 valence electrons. The molecule has 0 bridgehead atoms. The first-order valence-corrected chi connectivity index (χ1v) is 5.21. The molecule has 0 heterocycles. The van der Waals surface area contributed by atoms with Gasteiger partial charge in [0.1, 0.15) is 12.4 Å². The molecular weight excluding hydrogens is 272 g/mol. The number of hydrogen-bond donors (Lipinski definition) is 1. The molecule has 1 aromatic rings. The van der Waals surface area contributed by atoms with Gasteiger partial charge >= 0.3 is 5.97 Å². The Balaban J connectivity index is 2.82. The number of rotatable bonds is 3. The number of ether oxygens (including phenoxy) is 1. The topological polar surface area (TPSA) is 55.4 Å². The van der Waals surface area contributed by atoms with Crippen molar-refractivity contribution in [1.82, 2.24) is 5.32 Å². The maximum absolute atomic E-state index is 13.1. The van der Waals surface area contributed by atoms with E-state index in [1.807, 2.05) is 0 Å². The van der Waals surface area contributed by atoms with Gasteiger partial charge in [0, 0.05) is 0 Å².